The Labute approximate surface area is 95.9 Å². The Morgan fingerprint density at radius 3 is 2.69 bits per heavy atom. The van der Waals surface area contributed by atoms with E-state index in [0.717, 1.165) is 17.9 Å². The van der Waals surface area contributed by atoms with E-state index < -0.39 is 0 Å². The third-order valence-electron chi connectivity index (χ3n) is 2.74. The largest absolute Gasteiger partial charge is 0.330 e. The molecule has 0 saturated carbocycles. The van der Waals surface area contributed by atoms with Gasteiger partial charge in [-0.1, -0.05) is 18.2 Å². The standard InChI is InChI=1S/C13H17N3/c1-10-5-3-4-6-12(10)16-11(2)9-15-13(16)7-8-14/h3-6,9H,7-8,14H2,1-2H3. The van der Waals surface area contributed by atoms with Crippen molar-refractivity contribution < 1.29 is 0 Å². The first-order valence-corrected chi connectivity index (χ1v) is 5.53. The van der Waals surface area contributed by atoms with Gasteiger partial charge >= 0.3 is 0 Å². The molecule has 0 aliphatic heterocycles. The lowest BCUT2D eigenvalue weighted by atomic mass is 10.2. The summed E-state index contributed by atoms with van der Waals surface area (Å²) >= 11 is 0. The highest BCUT2D eigenvalue weighted by atomic mass is 15.1. The first kappa shape index (κ1) is 10.9. The van der Waals surface area contributed by atoms with Crippen LogP contribution in [0.15, 0.2) is 30.5 Å². The van der Waals surface area contributed by atoms with Gasteiger partial charge in [-0.25, -0.2) is 4.98 Å². The first-order valence-electron chi connectivity index (χ1n) is 5.53. The number of benzene rings is 1. The van der Waals surface area contributed by atoms with Gasteiger partial charge in [0.05, 0.1) is 0 Å². The van der Waals surface area contributed by atoms with Crippen molar-refractivity contribution in [2.24, 2.45) is 5.73 Å². The van der Waals surface area contributed by atoms with Crippen LogP contribution in [0.1, 0.15) is 17.1 Å². The first-order chi connectivity index (χ1) is 7.74. The van der Waals surface area contributed by atoms with Crippen molar-refractivity contribution in [2.75, 3.05) is 6.54 Å². The molecule has 0 aliphatic rings. The predicted octanol–water partition coefficient (Wildman–Crippen LogP) is 1.99. The number of rotatable bonds is 3. The van der Waals surface area contributed by atoms with E-state index in [4.69, 9.17) is 5.73 Å². The van der Waals surface area contributed by atoms with Crippen molar-refractivity contribution in [2.45, 2.75) is 20.3 Å². The van der Waals surface area contributed by atoms with Crippen LogP contribution >= 0.6 is 0 Å². The number of nitrogens with zero attached hydrogens (tertiary/aromatic N) is 2. The number of para-hydroxylation sites is 1. The van der Waals surface area contributed by atoms with Crippen molar-refractivity contribution in [1.82, 2.24) is 9.55 Å². The summed E-state index contributed by atoms with van der Waals surface area (Å²) in [6, 6.07) is 8.33. The van der Waals surface area contributed by atoms with E-state index in [1.54, 1.807) is 0 Å². The SMILES string of the molecule is Cc1ccccc1-n1c(C)cnc1CCN. The van der Waals surface area contributed by atoms with E-state index in [1.807, 2.05) is 18.3 Å². The predicted molar refractivity (Wildman–Crippen MR) is 65.8 cm³/mol. The van der Waals surface area contributed by atoms with Gasteiger partial charge in [-0.15, -0.1) is 0 Å². The van der Waals surface area contributed by atoms with E-state index in [9.17, 15) is 0 Å². The third-order valence-corrected chi connectivity index (χ3v) is 2.74. The van der Waals surface area contributed by atoms with Crippen LogP contribution in [0.5, 0.6) is 0 Å². The molecule has 0 saturated heterocycles. The zero-order valence-electron chi connectivity index (χ0n) is 9.77. The summed E-state index contributed by atoms with van der Waals surface area (Å²) in [4.78, 5) is 4.41. The third kappa shape index (κ3) is 1.86. The Balaban J connectivity index is 2.54. The molecular weight excluding hydrogens is 198 g/mol. The van der Waals surface area contributed by atoms with Crippen LogP contribution in [-0.2, 0) is 6.42 Å². The summed E-state index contributed by atoms with van der Waals surface area (Å²) < 4.78 is 2.18. The van der Waals surface area contributed by atoms with Crippen LogP contribution in [0.3, 0.4) is 0 Å². The van der Waals surface area contributed by atoms with Gasteiger partial charge in [0.1, 0.15) is 5.82 Å². The number of aromatic nitrogens is 2. The zero-order valence-corrected chi connectivity index (χ0v) is 9.77. The van der Waals surface area contributed by atoms with Gasteiger partial charge in [0.25, 0.3) is 0 Å². The fourth-order valence-electron chi connectivity index (χ4n) is 1.94. The molecule has 2 rings (SSSR count). The summed E-state index contributed by atoms with van der Waals surface area (Å²) in [7, 11) is 0. The minimum Gasteiger partial charge on any atom is -0.330 e. The minimum absolute atomic E-state index is 0.627. The van der Waals surface area contributed by atoms with Crippen molar-refractivity contribution in [3.63, 3.8) is 0 Å². The molecule has 3 nitrogen and oxygen atoms in total. The Bertz CT molecular complexity index is 486. The lowest BCUT2D eigenvalue weighted by Crippen LogP contribution is -2.10. The number of nitrogens with two attached hydrogens (primary N) is 1. The van der Waals surface area contributed by atoms with Gasteiger partial charge in [-0.2, -0.15) is 0 Å². The average Bonchev–Trinajstić information content (AvgIpc) is 2.62. The number of hydrogen-bond donors (Lipinski definition) is 1. The Hall–Kier alpha value is -1.61. The summed E-state index contributed by atoms with van der Waals surface area (Å²) in [6.07, 6.45) is 2.71. The molecule has 0 aliphatic carbocycles. The van der Waals surface area contributed by atoms with E-state index in [1.165, 1.54) is 11.3 Å². The van der Waals surface area contributed by atoms with Crippen molar-refractivity contribution in [3.05, 3.63) is 47.5 Å². The molecule has 0 amide bonds. The molecule has 84 valence electrons. The lowest BCUT2D eigenvalue weighted by molar-refractivity contribution is 0.822. The molecule has 16 heavy (non-hydrogen) atoms. The zero-order chi connectivity index (χ0) is 11.5. The fourth-order valence-corrected chi connectivity index (χ4v) is 1.94. The lowest BCUT2D eigenvalue weighted by Gasteiger charge is -2.12. The number of aryl methyl sites for hydroxylation is 2. The molecule has 2 aromatic rings. The summed E-state index contributed by atoms with van der Waals surface area (Å²) in [6.45, 7) is 4.81. The molecule has 0 atom stereocenters. The molecule has 0 fully saturated rings. The van der Waals surface area contributed by atoms with Crippen LogP contribution < -0.4 is 5.73 Å². The van der Waals surface area contributed by atoms with Gasteiger partial charge in [0.2, 0.25) is 0 Å². The second-order valence-electron chi connectivity index (χ2n) is 3.98. The monoisotopic (exact) mass is 215 g/mol. The molecule has 0 unspecified atom stereocenters. The number of hydrogen-bond acceptors (Lipinski definition) is 2. The van der Waals surface area contributed by atoms with Crippen molar-refractivity contribution >= 4 is 0 Å². The summed E-state index contributed by atoms with van der Waals surface area (Å²) in [5.74, 6) is 1.04. The Morgan fingerprint density at radius 2 is 2.00 bits per heavy atom. The number of imidazole rings is 1. The molecular formula is C13H17N3. The maximum atomic E-state index is 5.60. The highest BCUT2D eigenvalue weighted by Crippen LogP contribution is 2.18. The van der Waals surface area contributed by atoms with E-state index >= 15 is 0 Å². The van der Waals surface area contributed by atoms with Gasteiger partial charge in [0.15, 0.2) is 0 Å². The van der Waals surface area contributed by atoms with Gasteiger partial charge < -0.3 is 10.3 Å². The maximum Gasteiger partial charge on any atom is 0.114 e. The highest BCUT2D eigenvalue weighted by molar-refractivity contribution is 5.42. The van der Waals surface area contributed by atoms with Crippen LogP contribution in [0, 0.1) is 13.8 Å². The van der Waals surface area contributed by atoms with Crippen LogP contribution in [0.2, 0.25) is 0 Å². The fraction of sp³-hybridized carbons (Fsp3) is 0.308. The van der Waals surface area contributed by atoms with Gasteiger partial charge in [0, 0.05) is 24.0 Å². The Kier molecular flexibility index (Phi) is 3.06. The summed E-state index contributed by atoms with van der Waals surface area (Å²) in [5, 5.41) is 0. The maximum absolute atomic E-state index is 5.60. The molecule has 1 aromatic carbocycles. The molecule has 0 bridgehead atoms. The second kappa shape index (κ2) is 4.49. The van der Waals surface area contributed by atoms with E-state index in [-0.39, 0.29) is 0 Å². The molecule has 1 heterocycles. The molecule has 0 spiro atoms. The van der Waals surface area contributed by atoms with Crippen LogP contribution in [-0.4, -0.2) is 16.1 Å². The normalized spacial score (nSPS) is 10.7. The highest BCUT2D eigenvalue weighted by Gasteiger charge is 2.09. The van der Waals surface area contributed by atoms with Crippen LogP contribution in [0.25, 0.3) is 5.69 Å². The topological polar surface area (TPSA) is 43.8 Å². The average molecular weight is 215 g/mol. The summed E-state index contributed by atoms with van der Waals surface area (Å²) in [5.41, 5.74) is 9.20. The quantitative estimate of drug-likeness (QED) is 0.851. The van der Waals surface area contributed by atoms with Crippen molar-refractivity contribution in [1.29, 1.82) is 0 Å². The minimum atomic E-state index is 0.627. The van der Waals surface area contributed by atoms with Crippen molar-refractivity contribution in [3.8, 4) is 5.69 Å². The van der Waals surface area contributed by atoms with E-state index in [0.29, 0.717) is 6.54 Å². The Morgan fingerprint density at radius 1 is 1.25 bits per heavy atom. The smallest absolute Gasteiger partial charge is 0.114 e. The second-order valence-corrected chi connectivity index (χ2v) is 3.98. The van der Waals surface area contributed by atoms with Gasteiger partial charge in [-0.3, -0.25) is 0 Å². The molecule has 1 aromatic heterocycles. The molecule has 0 radical (unpaired) electrons. The molecule has 2 N–H and O–H groups in total. The van der Waals surface area contributed by atoms with E-state index in [2.05, 4.69) is 35.5 Å². The molecule has 3 heteroatoms. The van der Waals surface area contributed by atoms with Gasteiger partial charge in [-0.05, 0) is 32.0 Å². The van der Waals surface area contributed by atoms with Crippen LogP contribution in [0.4, 0.5) is 0 Å².